The molecule has 0 atom stereocenters. The molecule has 7 nitrogen and oxygen atoms in total. The summed E-state index contributed by atoms with van der Waals surface area (Å²) in [7, 11) is 0. The highest BCUT2D eigenvalue weighted by Crippen LogP contribution is 2.15. The molecule has 116 valence electrons. The second-order valence-corrected chi connectivity index (χ2v) is 4.65. The van der Waals surface area contributed by atoms with Gasteiger partial charge in [0, 0.05) is 25.2 Å². The maximum absolute atomic E-state index is 12.0. The Bertz CT molecular complexity index is 612. The predicted molar refractivity (Wildman–Crippen MR) is 82.9 cm³/mol. The third-order valence-electron chi connectivity index (χ3n) is 3.07. The van der Waals surface area contributed by atoms with E-state index in [1.54, 1.807) is 6.08 Å². The van der Waals surface area contributed by atoms with Gasteiger partial charge in [0.2, 0.25) is 0 Å². The first-order valence-electron chi connectivity index (χ1n) is 6.93. The molecule has 0 spiro atoms. The fourth-order valence-corrected chi connectivity index (χ4v) is 2.01. The molecule has 2 rings (SSSR count). The number of aliphatic hydroxyl groups is 1. The van der Waals surface area contributed by atoms with Gasteiger partial charge in [0.15, 0.2) is 5.82 Å². The molecule has 1 aromatic heterocycles. The normalized spacial score (nSPS) is 10.2. The number of urea groups is 1. The minimum absolute atomic E-state index is 0.0811. The van der Waals surface area contributed by atoms with Crippen LogP contribution in [-0.4, -0.2) is 50.9 Å². The number of benzene rings is 1. The SMILES string of the molecule is C=CCN(CCO)C(=O)NCc1cccc(-c2ncn[nH]2)c1. The van der Waals surface area contributed by atoms with Crippen LogP contribution in [0.5, 0.6) is 0 Å². The molecule has 0 aliphatic carbocycles. The van der Waals surface area contributed by atoms with Crippen LogP contribution in [0.25, 0.3) is 11.4 Å². The lowest BCUT2D eigenvalue weighted by Crippen LogP contribution is -2.41. The fraction of sp³-hybridized carbons (Fsp3) is 0.267. The number of rotatable bonds is 7. The van der Waals surface area contributed by atoms with Crippen molar-refractivity contribution in [1.82, 2.24) is 25.4 Å². The van der Waals surface area contributed by atoms with Gasteiger partial charge in [-0.15, -0.1) is 6.58 Å². The number of nitrogens with one attached hydrogen (secondary N) is 2. The van der Waals surface area contributed by atoms with Crippen LogP contribution in [0.3, 0.4) is 0 Å². The largest absolute Gasteiger partial charge is 0.395 e. The van der Waals surface area contributed by atoms with Gasteiger partial charge < -0.3 is 15.3 Å². The van der Waals surface area contributed by atoms with Gasteiger partial charge >= 0.3 is 6.03 Å². The number of hydrogen-bond acceptors (Lipinski definition) is 4. The van der Waals surface area contributed by atoms with Crippen LogP contribution in [0.2, 0.25) is 0 Å². The number of carbonyl (C=O) groups is 1. The molecule has 2 aromatic rings. The smallest absolute Gasteiger partial charge is 0.318 e. The van der Waals surface area contributed by atoms with E-state index in [0.29, 0.717) is 18.9 Å². The highest BCUT2D eigenvalue weighted by molar-refractivity contribution is 5.74. The van der Waals surface area contributed by atoms with Crippen LogP contribution in [0, 0.1) is 0 Å². The topological polar surface area (TPSA) is 94.1 Å². The van der Waals surface area contributed by atoms with E-state index in [-0.39, 0.29) is 19.2 Å². The number of amides is 2. The number of aromatic nitrogens is 3. The van der Waals surface area contributed by atoms with Gasteiger partial charge in [-0.1, -0.05) is 24.3 Å². The third kappa shape index (κ3) is 4.16. The first kappa shape index (κ1) is 15.7. The second kappa shape index (κ2) is 7.94. The summed E-state index contributed by atoms with van der Waals surface area (Å²) in [4.78, 5) is 17.6. The molecule has 1 heterocycles. The summed E-state index contributed by atoms with van der Waals surface area (Å²) < 4.78 is 0. The van der Waals surface area contributed by atoms with E-state index >= 15 is 0 Å². The predicted octanol–water partition coefficient (Wildman–Crippen LogP) is 1.16. The van der Waals surface area contributed by atoms with E-state index in [9.17, 15) is 4.79 Å². The summed E-state index contributed by atoms with van der Waals surface area (Å²) in [6.07, 6.45) is 3.08. The van der Waals surface area contributed by atoms with Crippen LogP contribution in [0.15, 0.2) is 43.2 Å². The summed E-state index contributed by atoms with van der Waals surface area (Å²) in [5.74, 6) is 0.682. The van der Waals surface area contributed by atoms with Gasteiger partial charge in [0.25, 0.3) is 0 Å². The Hall–Kier alpha value is -2.67. The van der Waals surface area contributed by atoms with Crippen molar-refractivity contribution in [2.75, 3.05) is 19.7 Å². The molecule has 0 saturated heterocycles. The first-order valence-corrected chi connectivity index (χ1v) is 6.93. The lowest BCUT2D eigenvalue weighted by molar-refractivity contribution is 0.183. The zero-order valence-electron chi connectivity index (χ0n) is 12.2. The number of H-pyrrole nitrogens is 1. The fourth-order valence-electron chi connectivity index (χ4n) is 2.01. The number of aromatic amines is 1. The molecule has 0 fully saturated rings. The van der Waals surface area contributed by atoms with E-state index in [2.05, 4.69) is 27.1 Å². The van der Waals surface area contributed by atoms with Crippen LogP contribution < -0.4 is 5.32 Å². The Kier molecular flexibility index (Phi) is 5.67. The summed E-state index contributed by atoms with van der Waals surface area (Å²) in [6.45, 7) is 4.58. The molecule has 0 aliphatic heterocycles. The molecule has 22 heavy (non-hydrogen) atoms. The van der Waals surface area contributed by atoms with Gasteiger partial charge in [-0.2, -0.15) is 5.10 Å². The average Bonchev–Trinajstić information content (AvgIpc) is 3.07. The Morgan fingerprint density at radius 1 is 1.50 bits per heavy atom. The van der Waals surface area contributed by atoms with Crippen molar-refractivity contribution in [2.45, 2.75) is 6.54 Å². The van der Waals surface area contributed by atoms with Crippen molar-refractivity contribution in [3.05, 3.63) is 48.8 Å². The van der Waals surface area contributed by atoms with Crippen molar-refractivity contribution in [1.29, 1.82) is 0 Å². The first-order chi connectivity index (χ1) is 10.7. The molecule has 0 saturated carbocycles. The van der Waals surface area contributed by atoms with Crippen LogP contribution in [0.1, 0.15) is 5.56 Å². The van der Waals surface area contributed by atoms with E-state index in [1.807, 2.05) is 24.3 Å². The molecule has 2 amide bonds. The third-order valence-corrected chi connectivity index (χ3v) is 3.07. The molecule has 0 bridgehead atoms. The van der Waals surface area contributed by atoms with E-state index < -0.39 is 0 Å². The lowest BCUT2D eigenvalue weighted by Gasteiger charge is -2.20. The Balaban J connectivity index is 1.97. The number of carbonyl (C=O) groups excluding carboxylic acids is 1. The highest BCUT2D eigenvalue weighted by Gasteiger charge is 2.11. The van der Waals surface area contributed by atoms with Gasteiger partial charge in [0.1, 0.15) is 6.33 Å². The van der Waals surface area contributed by atoms with Crippen LogP contribution >= 0.6 is 0 Å². The summed E-state index contributed by atoms with van der Waals surface area (Å²) >= 11 is 0. The Morgan fingerprint density at radius 3 is 3.05 bits per heavy atom. The number of nitrogens with zero attached hydrogens (tertiary/aromatic N) is 3. The summed E-state index contributed by atoms with van der Waals surface area (Å²) in [5, 5.41) is 18.4. The molecule has 3 N–H and O–H groups in total. The second-order valence-electron chi connectivity index (χ2n) is 4.65. The summed E-state index contributed by atoms with van der Waals surface area (Å²) in [6, 6.07) is 7.43. The van der Waals surface area contributed by atoms with Crippen LogP contribution in [-0.2, 0) is 6.54 Å². The van der Waals surface area contributed by atoms with Gasteiger partial charge in [0.05, 0.1) is 6.61 Å². The zero-order valence-corrected chi connectivity index (χ0v) is 12.2. The monoisotopic (exact) mass is 301 g/mol. The maximum atomic E-state index is 12.0. The van der Waals surface area contributed by atoms with E-state index in [1.165, 1.54) is 11.2 Å². The standard InChI is InChI=1S/C15H19N5O2/c1-2-6-20(7-8-21)15(22)16-10-12-4-3-5-13(9-12)14-17-11-18-19-14/h2-5,9,11,21H,1,6-8,10H2,(H,16,22)(H,17,18,19). The quantitative estimate of drug-likeness (QED) is 0.669. The number of hydrogen-bond donors (Lipinski definition) is 3. The van der Waals surface area contributed by atoms with E-state index in [4.69, 9.17) is 5.11 Å². The van der Waals surface area contributed by atoms with Crippen LogP contribution in [0.4, 0.5) is 4.79 Å². The molecule has 0 unspecified atom stereocenters. The molecule has 0 aliphatic rings. The van der Waals surface area contributed by atoms with Crippen molar-refractivity contribution < 1.29 is 9.90 Å². The zero-order chi connectivity index (χ0) is 15.8. The Morgan fingerprint density at radius 2 is 2.36 bits per heavy atom. The Labute approximate surface area is 128 Å². The minimum Gasteiger partial charge on any atom is -0.395 e. The molecule has 0 radical (unpaired) electrons. The van der Waals surface area contributed by atoms with Crippen molar-refractivity contribution in [3.8, 4) is 11.4 Å². The van der Waals surface area contributed by atoms with Crippen molar-refractivity contribution >= 4 is 6.03 Å². The number of aliphatic hydroxyl groups excluding tert-OH is 1. The molecule has 7 heteroatoms. The molecular weight excluding hydrogens is 282 g/mol. The average molecular weight is 301 g/mol. The van der Waals surface area contributed by atoms with Gasteiger partial charge in [-0.25, -0.2) is 9.78 Å². The lowest BCUT2D eigenvalue weighted by atomic mass is 10.1. The molecular formula is C15H19N5O2. The van der Waals surface area contributed by atoms with Crippen molar-refractivity contribution in [3.63, 3.8) is 0 Å². The molecule has 1 aromatic carbocycles. The summed E-state index contributed by atoms with van der Waals surface area (Å²) in [5.41, 5.74) is 1.85. The minimum atomic E-state index is -0.237. The van der Waals surface area contributed by atoms with Crippen molar-refractivity contribution in [2.24, 2.45) is 0 Å². The van der Waals surface area contributed by atoms with Gasteiger partial charge in [-0.05, 0) is 11.6 Å². The highest BCUT2D eigenvalue weighted by atomic mass is 16.3. The van der Waals surface area contributed by atoms with E-state index in [0.717, 1.165) is 11.1 Å². The maximum Gasteiger partial charge on any atom is 0.318 e. The van der Waals surface area contributed by atoms with Gasteiger partial charge in [-0.3, -0.25) is 5.10 Å².